The number of ether oxygens (including phenoxy) is 1. The summed E-state index contributed by atoms with van der Waals surface area (Å²) in [6.07, 6.45) is 4.04. The summed E-state index contributed by atoms with van der Waals surface area (Å²) in [5, 5.41) is 6.39. The maximum Gasteiger partial charge on any atom is 0.264 e. The van der Waals surface area contributed by atoms with E-state index in [9.17, 15) is 4.79 Å². The molecule has 0 unspecified atom stereocenters. The summed E-state index contributed by atoms with van der Waals surface area (Å²) in [7, 11) is 0. The van der Waals surface area contributed by atoms with Crippen molar-refractivity contribution in [1.82, 2.24) is 19.6 Å². The van der Waals surface area contributed by atoms with Crippen LogP contribution in [0.2, 0.25) is 0 Å². The average Bonchev–Trinajstić information content (AvgIpc) is 3.42. The largest absolute Gasteiger partial charge is 0.488 e. The Hall–Kier alpha value is -2.64. The fourth-order valence-corrected chi connectivity index (χ4v) is 5.16. The van der Waals surface area contributed by atoms with Gasteiger partial charge in [-0.3, -0.25) is 14.4 Å². The van der Waals surface area contributed by atoms with Gasteiger partial charge in [-0.05, 0) is 50.3 Å². The van der Waals surface area contributed by atoms with E-state index in [4.69, 9.17) is 4.74 Å². The zero-order valence-corrected chi connectivity index (χ0v) is 20.2. The van der Waals surface area contributed by atoms with Crippen molar-refractivity contribution in [1.29, 1.82) is 0 Å². The fraction of sp³-hybridized carbons (Fsp3) is 0.440. The van der Waals surface area contributed by atoms with Crippen LogP contribution in [0.5, 0.6) is 5.75 Å². The first-order valence-electron chi connectivity index (χ1n) is 11.2. The highest BCUT2D eigenvalue weighted by atomic mass is 32.1. The van der Waals surface area contributed by atoms with Gasteiger partial charge in [0.05, 0.1) is 11.1 Å². The summed E-state index contributed by atoms with van der Waals surface area (Å²) in [5.74, 6) is 1.07. The van der Waals surface area contributed by atoms with Crippen LogP contribution in [-0.4, -0.2) is 51.7 Å². The van der Waals surface area contributed by atoms with E-state index in [1.54, 1.807) is 0 Å². The van der Waals surface area contributed by atoms with Gasteiger partial charge in [0.2, 0.25) is 0 Å². The Kier molecular flexibility index (Phi) is 6.96. The molecule has 3 heterocycles. The third-order valence-corrected chi connectivity index (χ3v) is 6.90. The van der Waals surface area contributed by atoms with Gasteiger partial charge in [-0.15, -0.1) is 11.3 Å². The van der Waals surface area contributed by atoms with Gasteiger partial charge in [-0.25, -0.2) is 0 Å². The lowest BCUT2D eigenvalue weighted by atomic mass is 10.1. The molecule has 1 aromatic carbocycles. The zero-order chi connectivity index (χ0) is 22.7. The number of benzene rings is 1. The molecule has 2 aromatic heterocycles. The van der Waals surface area contributed by atoms with E-state index in [1.807, 2.05) is 27.2 Å². The molecule has 1 fully saturated rings. The number of hydrogen-bond donors (Lipinski definition) is 0. The summed E-state index contributed by atoms with van der Waals surface area (Å²) < 4.78 is 8.05. The maximum atomic E-state index is 13.0. The number of piperazine rings is 1. The standard InChI is InChI=1S/C25H32N4O2S/c1-5-29-15-22(13-26-29)14-27-6-8-28(9-7-27)25(30)23-12-21(17-32-23)16-31-24-19(3)10-18(2)11-20(24)4/h10-13,15,17H,5-9,14,16H2,1-4H3. The van der Waals surface area contributed by atoms with Gasteiger partial charge in [0.25, 0.3) is 5.91 Å². The Balaban J connectivity index is 1.29. The zero-order valence-electron chi connectivity index (χ0n) is 19.4. The molecule has 0 saturated carbocycles. The second kappa shape index (κ2) is 9.88. The summed E-state index contributed by atoms with van der Waals surface area (Å²) in [6.45, 7) is 13.9. The Morgan fingerprint density at radius 3 is 2.44 bits per heavy atom. The van der Waals surface area contributed by atoms with E-state index in [0.717, 1.165) is 66.6 Å². The van der Waals surface area contributed by atoms with E-state index < -0.39 is 0 Å². The van der Waals surface area contributed by atoms with Crippen molar-refractivity contribution in [3.05, 3.63) is 68.7 Å². The molecule has 1 aliphatic heterocycles. The molecule has 1 amide bonds. The SMILES string of the molecule is CCn1cc(CN2CCN(C(=O)c3cc(COc4c(C)cc(C)cc4C)cs3)CC2)cn1. The number of amides is 1. The predicted octanol–water partition coefficient (Wildman–Crippen LogP) is 4.43. The quantitative estimate of drug-likeness (QED) is 0.532. The van der Waals surface area contributed by atoms with Gasteiger partial charge in [0.1, 0.15) is 12.4 Å². The molecule has 4 rings (SSSR count). The molecule has 0 radical (unpaired) electrons. The van der Waals surface area contributed by atoms with E-state index in [0.29, 0.717) is 6.61 Å². The van der Waals surface area contributed by atoms with Crippen molar-refractivity contribution in [2.45, 2.75) is 47.4 Å². The van der Waals surface area contributed by atoms with E-state index in [-0.39, 0.29) is 5.91 Å². The first-order chi connectivity index (χ1) is 15.4. The number of rotatable bonds is 7. The second-order valence-corrected chi connectivity index (χ2v) is 9.52. The minimum Gasteiger partial charge on any atom is -0.488 e. The third-order valence-electron chi connectivity index (χ3n) is 5.93. The van der Waals surface area contributed by atoms with Crippen LogP contribution in [0.1, 0.15) is 44.4 Å². The summed E-state index contributed by atoms with van der Waals surface area (Å²) in [6, 6.07) is 6.26. The Labute approximate surface area is 194 Å². The highest BCUT2D eigenvalue weighted by molar-refractivity contribution is 7.12. The van der Waals surface area contributed by atoms with Crippen molar-refractivity contribution in [3.8, 4) is 5.75 Å². The minimum atomic E-state index is 0.127. The number of aromatic nitrogens is 2. The van der Waals surface area contributed by atoms with Crippen LogP contribution in [0, 0.1) is 20.8 Å². The Morgan fingerprint density at radius 2 is 1.78 bits per heavy atom. The number of hydrogen-bond acceptors (Lipinski definition) is 5. The molecule has 0 atom stereocenters. The highest BCUT2D eigenvalue weighted by Crippen LogP contribution is 2.26. The molecule has 1 saturated heterocycles. The number of aryl methyl sites for hydroxylation is 4. The van der Waals surface area contributed by atoms with Crippen LogP contribution in [0.25, 0.3) is 0 Å². The van der Waals surface area contributed by atoms with Crippen molar-refractivity contribution < 1.29 is 9.53 Å². The Bertz CT molecular complexity index is 1060. The molecule has 0 aliphatic carbocycles. The average molecular weight is 453 g/mol. The number of carbonyl (C=O) groups excluding carboxylic acids is 1. The molecule has 7 heteroatoms. The van der Waals surface area contributed by atoms with Gasteiger partial charge >= 0.3 is 0 Å². The number of carbonyl (C=O) groups is 1. The molecule has 1 aliphatic rings. The molecular weight excluding hydrogens is 420 g/mol. The lowest BCUT2D eigenvalue weighted by Gasteiger charge is -2.34. The van der Waals surface area contributed by atoms with E-state index in [1.165, 1.54) is 22.5 Å². The molecule has 6 nitrogen and oxygen atoms in total. The summed E-state index contributed by atoms with van der Waals surface area (Å²) >= 11 is 1.51. The maximum absolute atomic E-state index is 13.0. The summed E-state index contributed by atoms with van der Waals surface area (Å²) in [5.41, 5.74) is 5.81. The summed E-state index contributed by atoms with van der Waals surface area (Å²) in [4.78, 5) is 18.2. The van der Waals surface area contributed by atoms with Gasteiger partial charge in [0.15, 0.2) is 0 Å². The smallest absolute Gasteiger partial charge is 0.264 e. The topological polar surface area (TPSA) is 50.6 Å². The molecule has 32 heavy (non-hydrogen) atoms. The van der Waals surface area contributed by atoms with Crippen molar-refractivity contribution >= 4 is 17.2 Å². The lowest BCUT2D eigenvalue weighted by Crippen LogP contribution is -2.48. The van der Waals surface area contributed by atoms with Crippen LogP contribution in [0.15, 0.2) is 36.0 Å². The molecule has 0 N–H and O–H groups in total. The Morgan fingerprint density at radius 1 is 1.06 bits per heavy atom. The molecular formula is C25H32N4O2S. The van der Waals surface area contributed by atoms with Crippen LogP contribution in [-0.2, 0) is 19.7 Å². The second-order valence-electron chi connectivity index (χ2n) is 8.61. The molecule has 170 valence electrons. The molecule has 0 bridgehead atoms. The van der Waals surface area contributed by atoms with Gasteiger partial charge in [-0.2, -0.15) is 5.10 Å². The van der Waals surface area contributed by atoms with Crippen LogP contribution in [0.4, 0.5) is 0 Å². The monoisotopic (exact) mass is 452 g/mol. The van der Waals surface area contributed by atoms with Gasteiger partial charge in [-0.1, -0.05) is 17.7 Å². The number of thiophene rings is 1. The predicted molar refractivity (Wildman–Crippen MR) is 128 cm³/mol. The lowest BCUT2D eigenvalue weighted by molar-refractivity contribution is 0.0633. The van der Waals surface area contributed by atoms with Crippen molar-refractivity contribution in [3.63, 3.8) is 0 Å². The van der Waals surface area contributed by atoms with Gasteiger partial charge in [0, 0.05) is 56.6 Å². The van der Waals surface area contributed by atoms with E-state index in [2.05, 4.69) is 56.0 Å². The van der Waals surface area contributed by atoms with Crippen molar-refractivity contribution in [2.75, 3.05) is 26.2 Å². The molecule has 0 spiro atoms. The fourth-order valence-electron chi connectivity index (χ4n) is 4.30. The normalized spacial score (nSPS) is 14.7. The van der Waals surface area contributed by atoms with Gasteiger partial charge < -0.3 is 9.64 Å². The van der Waals surface area contributed by atoms with Crippen LogP contribution < -0.4 is 4.74 Å². The molecule has 3 aromatic rings. The first-order valence-corrected chi connectivity index (χ1v) is 12.1. The van der Waals surface area contributed by atoms with Crippen LogP contribution >= 0.6 is 11.3 Å². The minimum absolute atomic E-state index is 0.127. The van der Waals surface area contributed by atoms with E-state index >= 15 is 0 Å². The highest BCUT2D eigenvalue weighted by Gasteiger charge is 2.23. The van der Waals surface area contributed by atoms with Crippen LogP contribution in [0.3, 0.4) is 0 Å². The first kappa shape index (κ1) is 22.6. The van der Waals surface area contributed by atoms with Crippen molar-refractivity contribution in [2.24, 2.45) is 0 Å². The third kappa shape index (κ3) is 5.22. The number of nitrogens with zero attached hydrogens (tertiary/aromatic N) is 4.